The second kappa shape index (κ2) is 5.82. The van der Waals surface area contributed by atoms with Crippen molar-refractivity contribution in [1.29, 1.82) is 0 Å². The maximum absolute atomic E-state index is 12.9. The van der Waals surface area contributed by atoms with Crippen molar-refractivity contribution in [3.05, 3.63) is 34.6 Å². The van der Waals surface area contributed by atoms with Gasteiger partial charge in [-0.15, -0.1) is 0 Å². The van der Waals surface area contributed by atoms with Gasteiger partial charge in [-0.1, -0.05) is 17.7 Å². The fourth-order valence-electron chi connectivity index (χ4n) is 1.26. The Morgan fingerprint density at radius 3 is 2.88 bits per heavy atom. The summed E-state index contributed by atoms with van der Waals surface area (Å²) in [5, 5.41) is -0.00295. The van der Waals surface area contributed by atoms with Crippen LogP contribution < -0.4 is 5.73 Å². The second-order valence-electron chi connectivity index (χ2n) is 3.29. The summed E-state index contributed by atoms with van der Waals surface area (Å²) in [6.45, 7) is 2.04. The highest BCUT2D eigenvalue weighted by molar-refractivity contribution is 6.30. The van der Waals surface area contributed by atoms with Crippen LogP contribution >= 0.6 is 11.6 Å². The van der Waals surface area contributed by atoms with Crippen LogP contribution in [0.25, 0.3) is 0 Å². The van der Waals surface area contributed by atoms with Crippen molar-refractivity contribution in [3.8, 4) is 0 Å². The molecule has 0 heterocycles. The van der Waals surface area contributed by atoms with Crippen molar-refractivity contribution in [2.24, 2.45) is 5.73 Å². The van der Waals surface area contributed by atoms with Gasteiger partial charge >= 0.3 is 5.97 Å². The molecular formula is C11H13ClFNO2. The summed E-state index contributed by atoms with van der Waals surface area (Å²) in [6, 6.07) is 3.62. The average molecular weight is 246 g/mol. The van der Waals surface area contributed by atoms with Crippen molar-refractivity contribution in [2.45, 2.75) is 19.4 Å². The first-order valence-corrected chi connectivity index (χ1v) is 5.28. The largest absolute Gasteiger partial charge is 0.466 e. The summed E-state index contributed by atoms with van der Waals surface area (Å²) in [4.78, 5) is 11.2. The first-order valence-electron chi connectivity index (χ1n) is 4.90. The number of ether oxygens (including phenoxy) is 1. The molecule has 0 amide bonds. The molecule has 1 rings (SSSR count). The molecule has 1 unspecified atom stereocenters. The smallest absolute Gasteiger partial charge is 0.307 e. The van der Waals surface area contributed by atoms with E-state index in [0.717, 1.165) is 0 Å². The summed E-state index contributed by atoms with van der Waals surface area (Å²) in [5.41, 5.74) is 6.37. The van der Waals surface area contributed by atoms with E-state index in [1.807, 2.05) is 0 Å². The van der Waals surface area contributed by atoms with E-state index in [1.54, 1.807) is 6.92 Å². The molecule has 0 fully saturated rings. The zero-order valence-electron chi connectivity index (χ0n) is 8.87. The Labute approximate surface area is 98.3 Å². The van der Waals surface area contributed by atoms with Gasteiger partial charge in [-0.05, 0) is 24.6 Å². The summed E-state index contributed by atoms with van der Waals surface area (Å²) in [6.07, 6.45) is 0.0514. The zero-order valence-corrected chi connectivity index (χ0v) is 9.63. The van der Waals surface area contributed by atoms with Crippen LogP contribution in [-0.4, -0.2) is 12.6 Å². The molecule has 0 saturated heterocycles. The SMILES string of the molecule is CCOC(=O)CC(N)c1ccc(F)c(Cl)c1. The van der Waals surface area contributed by atoms with Gasteiger partial charge in [0.1, 0.15) is 5.82 Å². The van der Waals surface area contributed by atoms with Gasteiger partial charge in [-0.2, -0.15) is 0 Å². The molecule has 0 aromatic heterocycles. The van der Waals surface area contributed by atoms with Gasteiger partial charge in [0.05, 0.1) is 18.1 Å². The Bertz CT molecular complexity index is 384. The van der Waals surface area contributed by atoms with E-state index in [9.17, 15) is 9.18 Å². The van der Waals surface area contributed by atoms with Gasteiger partial charge in [-0.3, -0.25) is 4.79 Å². The number of nitrogens with two attached hydrogens (primary N) is 1. The summed E-state index contributed by atoms with van der Waals surface area (Å²) < 4.78 is 17.6. The molecule has 88 valence electrons. The lowest BCUT2D eigenvalue weighted by Gasteiger charge is -2.11. The fourth-order valence-corrected chi connectivity index (χ4v) is 1.45. The van der Waals surface area contributed by atoms with E-state index in [2.05, 4.69) is 0 Å². The van der Waals surface area contributed by atoms with E-state index < -0.39 is 11.9 Å². The molecule has 1 aromatic carbocycles. The van der Waals surface area contributed by atoms with Crippen LogP contribution in [0.2, 0.25) is 5.02 Å². The molecule has 0 bridgehead atoms. The molecular weight excluding hydrogens is 233 g/mol. The third-order valence-electron chi connectivity index (χ3n) is 2.06. The molecule has 0 radical (unpaired) electrons. The molecule has 2 N–H and O–H groups in total. The van der Waals surface area contributed by atoms with Crippen LogP contribution in [0.5, 0.6) is 0 Å². The van der Waals surface area contributed by atoms with Crippen molar-refractivity contribution >= 4 is 17.6 Å². The van der Waals surface area contributed by atoms with Crippen LogP contribution in [0.15, 0.2) is 18.2 Å². The highest BCUT2D eigenvalue weighted by Crippen LogP contribution is 2.21. The van der Waals surface area contributed by atoms with Gasteiger partial charge in [0, 0.05) is 6.04 Å². The van der Waals surface area contributed by atoms with E-state index in [1.165, 1.54) is 18.2 Å². The normalized spacial score (nSPS) is 12.2. The summed E-state index contributed by atoms with van der Waals surface area (Å²) in [5.74, 6) is -0.885. The van der Waals surface area contributed by atoms with E-state index in [0.29, 0.717) is 12.2 Å². The van der Waals surface area contributed by atoms with Crippen LogP contribution in [0.3, 0.4) is 0 Å². The third kappa shape index (κ3) is 3.47. The van der Waals surface area contributed by atoms with Crippen molar-refractivity contribution in [1.82, 2.24) is 0 Å². The van der Waals surface area contributed by atoms with E-state index in [-0.39, 0.29) is 17.4 Å². The topological polar surface area (TPSA) is 52.3 Å². The van der Waals surface area contributed by atoms with Crippen molar-refractivity contribution < 1.29 is 13.9 Å². The predicted molar refractivity (Wildman–Crippen MR) is 59.6 cm³/mol. The van der Waals surface area contributed by atoms with E-state index in [4.69, 9.17) is 22.1 Å². The minimum atomic E-state index is -0.530. The first kappa shape index (κ1) is 12.9. The molecule has 16 heavy (non-hydrogen) atoms. The summed E-state index contributed by atoms with van der Waals surface area (Å²) in [7, 11) is 0. The second-order valence-corrected chi connectivity index (χ2v) is 3.70. The Kier molecular flexibility index (Phi) is 4.71. The maximum Gasteiger partial charge on any atom is 0.307 e. The average Bonchev–Trinajstić information content (AvgIpc) is 2.22. The lowest BCUT2D eigenvalue weighted by atomic mass is 10.0. The molecule has 1 atom stereocenters. The zero-order chi connectivity index (χ0) is 12.1. The number of hydrogen-bond donors (Lipinski definition) is 1. The number of esters is 1. The Morgan fingerprint density at radius 1 is 1.62 bits per heavy atom. The van der Waals surface area contributed by atoms with Crippen LogP contribution in [-0.2, 0) is 9.53 Å². The predicted octanol–water partition coefficient (Wildman–Crippen LogP) is 2.43. The maximum atomic E-state index is 12.9. The number of halogens is 2. The van der Waals surface area contributed by atoms with Gasteiger partial charge < -0.3 is 10.5 Å². The van der Waals surface area contributed by atoms with Gasteiger partial charge in [0.2, 0.25) is 0 Å². The van der Waals surface area contributed by atoms with Gasteiger partial charge in [0.15, 0.2) is 0 Å². The number of hydrogen-bond acceptors (Lipinski definition) is 3. The Balaban J connectivity index is 2.69. The van der Waals surface area contributed by atoms with Crippen LogP contribution in [0, 0.1) is 5.82 Å². The highest BCUT2D eigenvalue weighted by atomic mass is 35.5. The molecule has 3 nitrogen and oxygen atoms in total. The number of benzene rings is 1. The van der Waals surface area contributed by atoms with Crippen LogP contribution in [0.1, 0.15) is 24.9 Å². The molecule has 1 aromatic rings. The molecule has 0 aliphatic rings. The van der Waals surface area contributed by atoms with Crippen molar-refractivity contribution in [3.63, 3.8) is 0 Å². The number of carbonyl (C=O) groups is 1. The summed E-state index contributed by atoms with van der Waals surface area (Å²) >= 11 is 5.61. The third-order valence-corrected chi connectivity index (χ3v) is 2.35. The minimum Gasteiger partial charge on any atom is -0.466 e. The van der Waals surface area contributed by atoms with Gasteiger partial charge in [-0.25, -0.2) is 4.39 Å². The minimum absolute atomic E-state index is 0.00295. The quantitative estimate of drug-likeness (QED) is 0.829. The molecule has 0 aliphatic heterocycles. The lowest BCUT2D eigenvalue weighted by molar-refractivity contribution is -0.143. The molecule has 0 spiro atoms. The standard InChI is InChI=1S/C11H13ClFNO2/c1-2-16-11(15)6-10(14)7-3-4-9(13)8(12)5-7/h3-5,10H,2,6,14H2,1H3. The van der Waals surface area contributed by atoms with E-state index >= 15 is 0 Å². The van der Waals surface area contributed by atoms with Crippen LogP contribution in [0.4, 0.5) is 4.39 Å². The number of rotatable bonds is 4. The lowest BCUT2D eigenvalue weighted by Crippen LogP contribution is -2.17. The monoisotopic (exact) mass is 245 g/mol. The molecule has 0 aliphatic carbocycles. The number of carbonyl (C=O) groups excluding carboxylic acids is 1. The van der Waals surface area contributed by atoms with Crippen molar-refractivity contribution in [2.75, 3.05) is 6.61 Å². The Hall–Kier alpha value is -1.13. The Morgan fingerprint density at radius 2 is 2.31 bits per heavy atom. The van der Waals surface area contributed by atoms with Gasteiger partial charge in [0.25, 0.3) is 0 Å². The highest BCUT2D eigenvalue weighted by Gasteiger charge is 2.13. The molecule has 0 saturated carbocycles. The first-order chi connectivity index (χ1) is 7.54. The fraction of sp³-hybridized carbons (Fsp3) is 0.364. The molecule has 5 heteroatoms.